The van der Waals surface area contributed by atoms with E-state index < -0.39 is 9.84 Å². The largest absolute Gasteiger partial charge is 0.297 e. The van der Waals surface area contributed by atoms with Gasteiger partial charge in [0.05, 0.1) is 22.2 Å². The third-order valence-electron chi connectivity index (χ3n) is 3.92. The second kappa shape index (κ2) is 5.64. The summed E-state index contributed by atoms with van der Waals surface area (Å²) in [5, 5.41) is 0.470. The van der Waals surface area contributed by atoms with Crippen LogP contribution in [0.1, 0.15) is 12.1 Å². The minimum absolute atomic E-state index is 0.0181. The van der Waals surface area contributed by atoms with Crippen molar-refractivity contribution in [2.75, 3.05) is 18.6 Å². The smallest absolute Gasteiger partial charge is 0.258 e. The van der Waals surface area contributed by atoms with Gasteiger partial charge in [0.1, 0.15) is 5.65 Å². The van der Waals surface area contributed by atoms with Gasteiger partial charge in [0.2, 0.25) is 0 Å². The van der Waals surface area contributed by atoms with Gasteiger partial charge in [-0.25, -0.2) is 13.4 Å². The zero-order valence-corrected chi connectivity index (χ0v) is 13.6. The maximum atomic E-state index is 12.1. The Hall–Kier alpha value is -1.44. The molecule has 6 nitrogen and oxygen atoms in total. The maximum Gasteiger partial charge on any atom is 0.258 e. The Balaban J connectivity index is 1.85. The van der Waals surface area contributed by atoms with Crippen molar-refractivity contribution in [3.8, 4) is 0 Å². The molecule has 0 saturated carbocycles. The van der Waals surface area contributed by atoms with Crippen molar-refractivity contribution in [1.82, 2.24) is 14.3 Å². The molecule has 1 atom stereocenters. The van der Waals surface area contributed by atoms with Crippen molar-refractivity contribution in [2.45, 2.75) is 19.0 Å². The second-order valence-corrected chi connectivity index (χ2v) is 8.30. The molecule has 1 aliphatic heterocycles. The number of rotatable bonds is 3. The van der Waals surface area contributed by atoms with Crippen LogP contribution in [0.25, 0.3) is 5.65 Å². The van der Waals surface area contributed by atoms with Crippen LogP contribution in [0.15, 0.2) is 29.2 Å². The number of sulfone groups is 1. The molecule has 2 aromatic heterocycles. The van der Waals surface area contributed by atoms with Crippen LogP contribution in [0.3, 0.4) is 0 Å². The fourth-order valence-electron chi connectivity index (χ4n) is 2.71. The van der Waals surface area contributed by atoms with E-state index >= 15 is 0 Å². The second-order valence-electron chi connectivity index (χ2n) is 5.63. The SMILES string of the molecule is CN(Cc1cc(=O)n2cc(Cl)ccc2n1)C1CCS(=O)(=O)C1. The molecule has 118 valence electrons. The van der Waals surface area contributed by atoms with Gasteiger partial charge in [-0.1, -0.05) is 11.6 Å². The van der Waals surface area contributed by atoms with Gasteiger partial charge in [-0.3, -0.25) is 14.1 Å². The monoisotopic (exact) mass is 341 g/mol. The summed E-state index contributed by atoms with van der Waals surface area (Å²) in [6.07, 6.45) is 2.16. The fraction of sp³-hybridized carbons (Fsp3) is 0.429. The first-order valence-corrected chi connectivity index (χ1v) is 9.12. The van der Waals surface area contributed by atoms with Crippen molar-refractivity contribution < 1.29 is 8.42 Å². The number of aromatic nitrogens is 2. The quantitative estimate of drug-likeness (QED) is 0.831. The van der Waals surface area contributed by atoms with Crippen molar-refractivity contribution in [3.05, 3.63) is 45.5 Å². The van der Waals surface area contributed by atoms with Crippen LogP contribution in [0.5, 0.6) is 0 Å². The molecule has 3 rings (SSSR count). The molecule has 0 bridgehead atoms. The first-order valence-electron chi connectivity index (χ1n) is 6.92. The Morgan fingerprint density at radius 1 is 1.45 bits per heavy atom. The van der Waals surface area contributed by atoms with Gasteiger partial charge in [0.25, 0.3) is 5.56 Å². The molecule has 0 spiro atoms. The fourth-order valence-corrected chi connectivity index (χ4v) is 4.68. The summed E-state index contributed by atoms with van der Waals surface area (Å²) in [4.78, 5) is 18.5. The van der Waals surface area contributed by atoms with Crippen LogP contribution in [0, 0.1) is 0 Å². The first kappa shape index (κ1) is 15.5. The number of pyridine rings is 1. The van der Waals surface area contributed by atoms with Crippen LogP contribution in [0.2, 0.25) is 5.02 Å². The van der Waals surface area contributed by atoms with Crippen LogP contribution in [-0.2, 0) is 16.4 Å². The van der Waals surface area contributed by atoms with Gasteiger partial charge in [-0.05, 0) is 25.6 Å². The highest BCUT2D eigenvalue weighted by molar-refractivity contribution is 7.91. The zero-order valence-electron chi connectivity index (χ0n) is 12.1. The summed E-state index contributed by atoms with van der Waals surface area (Å²) < 4.78 is 24.5. The molecule has 0 aromatic carbocycles. The number of fused-ring (bicyclic) bond motifs is 1. The molecular weight excluding hydrogens is 326 g/mol. The molecular formula is C14H16ClN3O3S. The van der Waals surface area contributed by atoms with Crippen LogP contribution < -0.4 is 5.56 Å². The van der Waals surface area contributed by atoms with E-state index in [1.165, 1.54) is 16.7 Å². The lowest BCUT2D eigenvalue weighted by atomic mass is 10.2. The number of nitrogens with zero attached hydrogens (tertiary/aromatic N) is 3. The Morgan fingerprint density at radius 2 is 2.23 bits per heavy atom. The highest BCUT2D eigenvalue weighted by Crippen LogP contribution is 2.18. The van der Waals surface area contributed by atoms with Crippen molar-refractivity contribution in [1.29, 1.82) is 0 Å². The molecule has 1 saturated heterocycles. The van der Waals surface area contributed by atoms with Gasteiger partial charge >= 0.3 is 0 Å². The van der Waals surface area contributed by atoms with E-state index in [4.69, 9.17) is 11.6 Å². The van der Waals surface area contributed by atoms with E-state index in [1.807, 2.05) is 11.9 Å². The van der Waals surface area contributed by atoms with Gasteiger partial charge in [-0.15, -0.1) is 0 Å². The molecule has 3 heterocycles. The van der Waals surface area contributed by atoms with Crippen molar-refractivity contribution in [3.63, 3.8) is 0 Å². The molecule has 22 heavy (non-hydrogen) atoms. The first-order chi connectivity index (χ1) is 10.3. The van der Waals surface area contributed by atoms with E-state index in [9.17, 15) is 13.2 Å². The number of halogens is 1. The molecule has 0 N–H and O–H groups in total. The maximum absolute atomic E-state index is 12.1. The van der Waals surface area contributed by atoms with E-state index in [-0.39, 0.29) is 23.1 Å². The molecule has 0 amide bonds. The van der Waals surface area contributed by atoms with E-state index in [1.54, 1.807) is 12.1 Å². The third-order valence-corrected chi connectivity index (χ3v) is 5.89. The van der Waals surface area contributed by atoms with Crippen LogP contribution >= 0.6 is 11.6 Å². The van der Waals surface area contributed by atoms with E-state index in [2.05, 4.69) is 4.98 Å². The van der Waals surface area contributed by atoms with Gasteiger partial charge < -0.3 is 0 Å². The van der Waals surface area contributed by atoms with Crippen LogP contribution in [0.4, 0.5) is 0 Å². The highest BCUT2D eigenvalue weighted by Gasteiger charge is 2.30. The predicted octanol–water partition coefficient (Wildman–Crippen LogP) is 0.967. The number of hydrogen-bond acceptors (Lipinski definition) is 5. The van der Waals surface area contributed by atoms with Crippen molar-refractivity contribution in [2.24, 2.45) is 0 Å². The standard InChI is InChI=1S/C14H16ClN3O3S/c1-17(12-4-5-22(20,21)9-12)8-11-6-14(19)18-7-10(15)2-3-13(18)16-11/h2-3,6-7,12H,4-5,8-9H2,1H3. The molecule has 0 aliphatic carbocycles. The van der Waals surface area contributed by atoms with Gasteiger partial charge in [0.15, 0.2) is 9.84 Å². The highest BCUT2D eigenvalue weighted by atomic mass is 35.5. The minimum Gasteiger partial charge on any atom is -0.297 e. The third kappa shape index (κ3) is 3.16. The Kier molecular flexibility index (Phi) is 3.96. The summed E-state index contributed by atoms with van der Waals surface area (Å²) in [6, 6.07) is 4.81. The van der Waals surface area contributed by atoms with Gasteiger partial charge in [0, 0.05) is 24.8 Å². The summed E-state index contributed by atoms with van der Waals surface area (Å²) in [5.74, 6) is 0.403. The normalized spacial score (nSPS) is 20.8. The zero-order chi connectivity index (χ0) is 15.9. The molecule has 1 fully saturated rings. The Bertz CT molecular complexity index is 879. The lowest BCUT2D eigenvalue weighted by molar-refractivity contribution is 0.251. The Morgan fingerprint density at radius 3 is 2.91 bits per heavy atom. The molecule has 2 aromatic rings. The lowest BCUT2D eigenvalue weighted by Gasteiger charge is -2.22. The minimum atomic E-state index is -2.92. The molecule has 1 aliphatic rings. The van der Waals surface area contributed by atoms with Crippen LogP contribution in [-0.4, -0.2) is 47.3 Å². The summed E-state index contributed by atoms with van der Waals surface area (Å²) in [7, 11) is -1.06. The average molecular weight is 342 g/mol. The van der Waals surface area contributed by atoms with E-state index in [0.29, 0.717) is 29.3 Å². The van der Waals surface area contributed by atoms with Gasteiger partial charge in [-0.2, -0.15) is 0 Å². The predicted molar refractivity (Wildman–Crippen MR) is 85.0 cm³/mol. The summed E-state index contributed by atoms with van der Waals surface area (Å²) in [5.41, 5.74) is 0.952. The lowest BCUT2D eigenvalue weighted by Crippen LogP contribution is -2.33. The molecule has 8 heteroatoms. The summed E-state index contributed by atoms with van der Waals surface area (Å²) >= 11 is 5.87. The average Bonchev–Trinajstić information content (AvgIpc) is 2.80. The Labute approximate surface area is 133 Å². The number of hydrogen-bond donors (Lipinski definition) is 0. The van der Waals surface area contributed by atoms with Crippen molar-refractivity contribution >= 4 is 27.1 Å². The summed E-state index contributed by atoms with van der Waals surface area (Å²) in [6.45, 7) is 0.439. The topological polar surface area (TPSA) is 71.8 Å². The molecule has 1 unspecified atom stereocenters. The molecule has 0 radical (unpaired) electrons. The van der Waals surface area contributed by atoms with E-state index in [0.717, 1.165) is 0 Å².